The lowest BCUT2D eigenvalue weighted by molar-refractivity contribution is 0.318. The van der Waals surface area contributed by atoms with Gasteiger partial charge in [-0.2, -0.15) is 0 Å². The van der Waals surface area contributed by atoms with Crippen molar-refractivity contribution in [3.8, 4) is 17.4 Å². The molecule has 3 aromatic rings. The van der Waals surface area contributed by atoms with Crippen LogP contribution in [0.4, 0.5) is 0 Å². The number of phenolic OH excluding ortho intramolecular Hbond substituents is 1. The van der Waals surface area contributed by atoms with Crippen LogP contribution in [-0.4, -0.2) is 35.9 Å². The summed E-state index contributed by atoms with van der Waals surface area (Å²) < 4.78 is 5.28. The van der Waals surface area contributed by atoms with Crippen LogP contribution in [0.5, 0.6) is 17.4 Å². The number of phenols is 1. The Morgan fingerprint density at radius 1 is 1.19 bits per heavy atom. The second-order valence-electron chi connectivity index (χ2n) is 5.73. The molecule has 0 unspecified atom stereocenters. The maximum atomic E-state index is 11.9. The van der Waals surface area contributed by atoms with E-state index in [1.807, 2.05) is 6.92 Å². The Morgan fingerprint density at radius 3 is 2.73 bits per heavy atom. The fourth-order valence-corrected chi connectivity index (χ4v) is 2.66. The smallest absolute Gasteiger partial charge is 0.258 e. The first-order valence-electron chi connectivity index (χ1n) is 8.08. The summed E-state index contributed by atoms with van der Waals surface area (Å²) in [6, 6.07) is 9.89. The van der Waals surface area contributed by atoms with Gasteiger partial charge in [0.15, 0.2) is 11.5 Å². The molecular formula is C19H17BN2O4. The van der Waals surface area contributed by atoms with Gasteiger partial charge in [-0.1, -0.05) is 23.7 Å². The minimum absolute atomic E-state index is 0.0460. The van der Waals surface area contributed by atoms with Gasteiger partial charge in [0.25, 0.3) is 5.56 Å². The van der Waals surface area contributed by atoms with E-state index >= 15 is 0 Å². The molecule has 0 saturated heterocycles. The van der Waals surface area contributed by atoms with E-state index in [9.17, 15) is 15.0 Å². The Labute approximate surface area is 151 Å². The van der Waals surface area contributed by atoms with Crippen LogP contribution in [0.15, 0.2) is 46.2 Å². The highest BCUT2D eigenvalue weighted by molar-refractivity contribution is 6.33. The van der Waals surface area contributed by atoms with Crippen molar-refractivity contribution in [1.29, 1.82) is 0 Å². The summed E-state index contributed by atoms with van der Waals surface area (Å²) in [5.41, 5.74) is 1.23. The Kier molecular flexibility index (Phi) is 4.98. The number of aromatic amines is 1. The van der Waals surface area contributed by atoms with Crippen molar-refractivity contribution < 1.29 is 14.9 Å². The van der Waals surface area contributed by atoms with E-state index in [4.69, 9.17) is 12.6 Å². The summed E-state index contributed by atoms with van der Waals surface area (Å²) in [7, 11) is 5.79. The summed E-state index contributed by atoms with van der Waals surface area (Å²) >= 11 is 0. The number of rotatable bonds is 5. The van der Waals surface area contributed by atoms with Crippen LogP contribution in [-0.2, 0) is 6.54 Å². The van der Waals surface area contributed by atoms with Crippen molar-refractivity contribution in [1.82, 2.24) is 4.98 Å². The third kappa shape index (κ3) is 3.56. The van der Waals surface area contributed by atoms with Crippen molar-refractivity contribution in [2.24, 2.45) is 4.99 Å². The number of pyridine rings is 1. The Hall–Kier alpha value is -3.22. The minimum Gasteiger partial charge on any atom is -0.504 e. The van der Waals surface area contributed by atoms with Crippen molar-refractivity contribution in [2.45, 2.75) is 13.5 Å². The van der Waals surface area contributed by atoms with Crippen LogP contribution in [0.2, 0.25) is 0 Å². The molecule has 3 N–H and O–H groups in total. The zero-order chi connectivity index (χ0) is 18.7. The van der Waals surface area contributed by atoms with E-state index in [1.165, 1.54) is 6.21 Å². The lowest BCUT2D eigenvalue weighted by Crippen LogP contribution is -2.11. The number of fused-ring (bicyclic) bond motifs is 1. The van der Waals surface area contributed by atoms with Gasteiger partial charge < -0.3 is 14.9 Å². The number of H-pyrrole nitrogens is 1. The molecule has 2 aromatic carbocycles. The molecule has 0 amide bonds. The molecule has 3 rings (SSSR count). The molecule has 130 valence electrons. The van der Waals surface area contributed by atoms with Gasteiger partial charge >= 0.3 is 0 Å². The van der Waals surface area contributed by atoms with Crippen molar-refractivity contribution in [3.05, 3.63) is 57.9 Å². The molecular weight excluding hydrogens is 331 g/mol. The fourth-order valence-electron chi connectivity index (χ4n) is 2.66. The number of nitrogens with zero attached hydrogens (tertiary/aromatic N) is 1. The number of hydrogen-bond donors (Lipinski definition) is 3. The Balaban J connectivity index is 1.90. The van der Waals surface area contributed by atoms with Gasteiger partial charge in [-0.3, -0.25) is 14.8 Å². The largest absolute Gasteiger partial charge is 0.504 e. The number of aromatic hydroxyl groups is 2. The second kappa shape index (κ2) is 7.35. The first kappa shape index (κ1) is 17.6. The molecule has 0 atom stereocenters. The van der Waals surface area contributed by atoms with Gasteiger partial charge in [0, 0.05) is 17.0 Å². The van der Waals surface area contributed by atoms with Crippen LogP contribution in [0.3, 0.4) is 0 Å². The normalized spacial score (nSPS) is 11.3. The predicted octanol–water partition coefficient (Wildman–Crippen LogP) is 1.75. The molecule has 0 aliphatic heterocycles. The molecule has 0 spiro atoms. The van der Waals surface area contributed by atoms with Crippen LogP contribution in [0.25, 0.3) is 10.8 Å². The summed E-state index contributed by atoms with van der Waals surface area (Å²) in [5.74, 6) is 0.191. The van der Waals surface area contributed by atoms with E-state index in [0.717, 1.165) is 5.56 Å². The van der Waals surface area contributed by atoms with E-state index < -0.39 is 5.56 Å². The molecule has 26 heavy (non-hydrogen) atoms. The molecule has 0 bridgehead atoms. The predicted molar refractivity (Wildman–Crippen MR) is 102 cm³/mol. The first-order valence-corrected chi connectivity index (χ1v) is 8.08. The third-order valence-electron chi connectivity index (χ3n) is 3.88. The first-order chi connectivity index (χ1) is 12.5. The molecule has 2 radical (unpaired) electrons. The van der Waals surface area contributed by atoms with E-state index in [-0.39, 0.29) is 18.2 Å². The number of aliphatic imine (C=N–C) groups is 1. The van der Waals surface area contributed by atoms with Crippen molar-refractivity contribution in [3.63, 3.8) is 0 Å². The molecule has 0 fully saturated rings. The number of nitrogens with one attached hydrogen (secondary N) is 1. The van der Waals surface area contributed by atoms with E-state index in [2.05, 4.69) is 9.98 Å². The monoisotopic (exact) mass is 348 g/mol. The summed E-state index contributed by atoms with van der Waals surface area (Å²) in [6.45, 7) is 2.58. The van der Waals surface area contributed by atoms with E-state index in [1.54, 1.807) is 36.4 Å². The number of aromatic nitrogens is 1. The Morgan fingerprint density at radius 2 is 2.00 bits per heavy atom. The summed E-state index contributed by atoms with van der Waals surface area (Å²) in [5, 5.41) is 20.9. The zero-order valence-corrected chi connectivity index (χ0v) is 14.2. The zero-order valence-electron chi connectivity index (χ0n) is 14.2. The van der Waals surface area contributed by atoms with E-state index in [0.29, 0.717) is 34.2 Å². The van der Waals surface area contributed by atoms with Gasteiger partial charge in [0.05, 0.1) is 18.7 Å². The van der Waals surface area contributed by atoms with Crippen LogP contribution in [0.1, 0.15) is 18.1 Å². The highest BCUT2D eigenvalue weighted by atomic mass is 16.5. The molecule has 7 heteroatoms. The minimum atomic E-state index is -0.397. The van der Waals surface area contributed by atoms with Crippen molar-refractivity contribution in [2.75, 3.05) is 6.61 Å². The molecule has 0 saturated carbocycles. The molecule has 0 aliphatic rings. The fraction of sp³-hybridized carbons (Fsp3) is 0.158. The average Bonchev–Trinajstić information content (AvgIpc) is 2.60. The lowest BCUT2D eigenvalue weighted by Gasteiger charge is -2.07. The average molecular weight is 348 g/mol. The molecule has 1 heterocycles. The number of ether oxygens (including phenoxy) is 1. The maximum absolute atomic E-state index is 11.9. The second-order valence-corrected chi connectivity index (χ2v) is 5.73. The lowest BCUT2D eigenvalue weighted by atomic mass is 9.92. The number of hydrogen-bond acceptors (Lipinski definition) is 5. The molecule has 6 nitrogen and oxygen atoms in total. The maximum Gasteiger partial charge on any atom is 0.258 e. The van der Waals surface area contributed by atoms with Gasteiger partial charge in [-0.15, -0.1) is 0 Å². The summed E-state index contributed by atoms with van der Waals surface area (Å²) in [4.78, 5) is 18.6. The summed E-state index contributed by atoms with van der Waals surface area (Å²) in [6.07, 6.45) is 1.47. The standard InChI is InChI=1S/C19H17BN2O4/c1-2-26-17-6-3-11(7-16(17)23)9-21-10-15-14-8-12(20)4-5-13(14)18(24)22-19(15)25/h3-8,10,23H,2,9H2,1H3,(H2,22,24,25). The quantitative estimate of drug-likeness (QED) is 0.484. The van der Waals surface area contributed by atoms with Crippen molar-refractivity contribution >= 4 is 30.3 Å². The van der Waals surface area contributed by atoms with Gasteiger partial charge in [-0.25, -0.2) is 0 Å². The SMILES string of the molecule is [B]c1ccc2c(=O)[nH]c(O)c(C=NCc3ccc(OCC)c(O)c3)c2c1. The highest BCUT2D eigenvalue weighted by Crippen LogP contribution is 2.27. The van der Waals surface area contributed by atoms with Gasteiger partial charge in [0.1, 0.15) is 7.85 Å². The third-order valence-corrected chi connectivity index (χ3v) is 3.88. The molecule has 1 aromatic heterocycles. The molecule has 0 aliphatic carbocycles. The number of benzene rings is 2. The highest BCUT2D eigenvalue weighted by Gasteiger charge is 2.09. The Bertz CT molecular complexity index is 1040. The van der Waals surface area contributed by atoms with Crippen LogP contribution >= 0.6 is 0 Å². The van der Waals surface area contributed by atoms with Gasteiger partial charge in [0.2, 0.25) is 5.88 Å². The van der Waals surface area contributed by atoms with Gasteiger partial charge in [-0.05, 0) is 30.7 Å². The van der Waals surface area contributed by atoms with Crippen LogP contribution in [0, 0.1) is 0 Å². The van der Waals surface area contributed by atoms with Crippen LogP contribution < -0.4 is 15.8 Å². The topological polar surface area (TPSA) is 94.9 Å².